The zero-order valence-corrected chi connectivity index (χ0v) is 12.3. The van der Waals surface area contributed by atoms with Gasteiger partial charge in [-0.3, -0.25) is 4.79 Å². The Balaban J connectivity index is 0.00000121. The van der Waals surface area contributed by atoms with Crippen LogP contribution in [0.15, 0.2) is 0 Å². The van der Waals surface area contributed by atoms with Crippen molar-refractivity contribution >= 4 is 5.78 Å². The third-order valence-corrected chi connectivity index (χ3v) is 3.40. The molecule has 1 aliphatic rings. The van der Waals surface area contributed by atoms with Crippen LogP contribution in [0.25, 0.3) is 0 Å². The summed E-state index contributed by atoms with van der Waals surface area (Å²) in [6.45, 7) is 12.0. The molecule has 17 heavy (non-hydrogen) atoms. The molecule has 0 amide bonds. The first-order valence-electron chi connectivity index (χ1n) is 7.24. The summed E-state index contributed by atoms with van der Waals surface area (Å²) in [5.41, 5.74) is 0. The Kier molecular flexibility index (Phi) is 9.43. The molecule has 102 valence electrons. The molecule has 0 spiro atoms. The fraction of sp³-hybridized carbons (Fsp3) is 0.933. The molecule has 2 heteroatoms. The van der Waals surface area contributed by atoms with Gasteiger partial charge in [-0.2, -0.15) is 0 Å². The Hall–Kier alpha value is -0.370. The van der Waals surface area contributed by atoms with Crippen LogP contribution < -0.4 is 0 Å². The van der Waals surface area contributed by atoms with E-state index in [2.05, 4.69) is 6.92 Å². The number of hydrogen-bond donors (Lipinski definition) is 0. The van der Waals surface area contributed by atoms with Crippen LogP contribution in [0.3, 0.4) is 0 Å². The molecule has 2 atom stereocenters. The molecule has 0 aromatic rings. The topological polar surface area (TPSA) is 26.3 Å². The molecular weight excluding hydrogens is 212 g/mol. The fourth-order valence-corrected chi connectivity index (χ4v) is 2.16. The van der Waals surface area contributed by atoms with Gasteiger partial charge in [-0.15, -0.1) is 0 Å². The Morgan fingerprint density at radius 2 is 2.00 bits per heavy atom. The lowest BCUT2D eigenvalue weighted by atomic mass is 9.86. The lowest BCUT2D eigenvalue weighted by Crippen LogP contribution is -2.16. The monoisotopic (exact) mass is 242 g/mol. The van der Waals surface area contributed by atoms with Gasteiger partial charge in [0.05, 0.1) is 0 Å². The van der Waals surface area contributed by atoms with E-state index in [1.54, 1.807) is 0 Å². The van der Waals surface area contributed by atoms with Crippen molar-refractivity contribution in [2.45, 2.75) is 60.3 Å². The highest BCUT2D eigenvalue weighted by molar-refractivity contribution is 5.80. The summed E-state index contributed by atoms with van der Waals surface area (Å²) >= 11 is 0. The van der Waals surface area contributed by atoms with Crippen molar-refractivity contribution in [3.8, 4) is 0 Å². The predicted octanol–water partition coefficient (Wildman–Crippen LogP) is 4.08. The molecular formula is C15H30O2. The first-order valence-corrected chi connectivity index (χ1v) is 7.24. The largest absolute Gasteiger partial charge is 0.381 e. The quantitative estimate of drug-likeness (QED) is 0.701. The molecule has 1 saturated heterocycles. The molecule has 1 aliphatic heterocycles. The minimum atomic E-state index is 0.193. The maximum atomic E-state index is 11.7. The normalized spacial score (nSPS) is 20.9. The van der Waals surface area contributed by atoms with Gasteiger partial charge in [0.1, 0.15) is 5.78 Å². The number of ether oxygens (including phenoxy) is 1. The molecule has 0 aliphatic carbocycles. The molecule has 2 nitrogen and oxygen atoms in total. The van der Waals surface area contributed by atoms with E-state index in [-0.39, 0.29) is 5.92 Å². The van der Waals surface area contributed by atoms with Gasteiger partial charge in [-0.05, 0) is 24.7 Å². The average molecular weight is 242 g/mol. The van der Waals surface area contributed by atoms with Crippen molar-refractivity contribution in [2.24, 2.45) is 17.8 Å². The van der Waals surface area contributed by atoms with Crippen LogP contribution in [0.1, 0.15) is 60.3 Å². The molecule has 0 radical (unpaired) electrons. The number of carbonyl (C=O) groups is 1. The Labute approximate surface area is 107 Å². The summed E-state index contributed by atoms with van der Waals surface area (Å²) < 4.78 is 5.37. The molecule has 1 heterocycles. The van der Waals surface area contributed by atoms with E-state index in [9.17, 15) is 4.79 Å². The smallest absolute Gasteiger partial charge is 0.135 e. The third-order valence-electron chi connectivity index (χ3n) is 3.40. The number of ketones is 1. The van der Waals surface area contributed by atoms with E-state index in [1.165, 1.54) is 12.8 Å². The van der Waals surface area contributed by atoms with Gasteiger partial charge < -0.3 is 4.74 Å². The lowest BCUT2D eigenvalue weighted by molar-refractivity contribution is -0.123. The number of Topliss-reactive ketones (excluding diaryl/α,β-unsaturated/α-hetero) is 1. The summed E-state index contributed by atoms with van der Waals surface area (Å²) in [6, 6.07) is 0. The molecule has 1 fully saturated rings. The molecule has 0 saturated carbocycles. The molecule has 0 aromatic heterocycles. The van der Waals surface area contributed by atoms with Crippen LogP contribution in [-0.4, -0.2) is 19.0 Å². The van der Waals surface area contributed by atoms with Crippen LogP contribution in [0, 0.1) is 17.8 Å². The third kappa shape index (κ3) is 6.82. The summed E-state index contributed by atoms with van der Waals surface area (Å²) in [6.07, 6.45) is 4.25. The molecule has 1 rings (SSSR count). The molecule has 0 bridgehead atoms. The van der Waals surface area contributed by atoms with E-state index in [0.29, 0.717) is 17.6 Å². The van der Waals surface area contributed by atoms with Crippen molar-refractivity contribution in [3.63, 3.8) is 0 Å². The Morgan fingerprint density at radius 1 is 1.35 bits per heavy atom. The van der Waals surface area contributed by atoms with E-state index in [4.69, 9.17) is 4.74 Å². The van der Waals surface area contributed by atoms with Gasteiger partial charge in [0.25, 0.3) is 0 Å². The van der Waals surface area contributed by atoms with Crippen LogP contribution in [0.2, 0.25) is 0 Å². The highest BCUT2D eigenvalue weighted by Crippen LogP contribution is 2.26. The minimum Gasteiger partial charge on any atom is -0.381 e. The lowest BCUT2D eigenvalue weighted by Gasteiger charge is -2.18. The summed E-state index contributed by atoms with van der Waals surface area (Å²) in [7, 11) is 0. The van der Waals surface area contributed by atoms with Crippen molar-refractivity contribution in [3.05, 3.63) is 0 Å². The second-order valence-corrected chi connectivity index (χ2v) is 5.06. The predicted molar refractivity (Wildman–Crippen MR) is 73.1 cm³/mol. The van der Waals surface area contributed by atoms with Gasteiger partial charge in [-0.1, -0.05) is 41.0 Å². The molecule has 0 N–H and O–H groups in total. The van der Waals surface area contributed by atoms with E-state index < -0.39 is 0 Å². The van der Waals surface area contributed by atoms with Crippen LogP contribution in [0.5, 0.6) is 0 Å². The van der Waals surface area contributed by atoms with E-state index >= 15 is 0 Å². The van der Waals surface area contributed by atoms with Gasteiger partial charge in [0.2, 0.25) is 0 Å². The van der Waals surface area contributed by atoms with Gasteiger partial charge in [-0.25, -0.2) is 0 Å². The van der Waals surface area contributed by atoms with Crippen molar-refractivity contribution in [1.82, 2.24) is 0 Å². The fourth-order valence-electron chi connectivity index (χ4n) is 2.16. The molecule has 0 aromatic carbocycles. The SMILES string of the molecule is CC.CCC(CC(=O)C(C)C)CC1CCOC1. The van der Waals surface area contributed by atoms with Gasteiger partial charge >= 0.3 is 0 Å². The van der Waals surface area contributed by atoms with Crippen molar-refractivity contribution in [2.75, 3.05) is 13.2 Å². The minimum absolute atomic E-state index is 0.193. The zero-order chi connectivity index (χ0) is 13.3. The van der Waals surface area contributed by atoms with Crippen LogP contribution >= 0.6 is 0 Å². The second kappa shape index (κ2) is 9.64. The average Bonchev–Trinajstić information content (AvgIpc) is 2.83. The number of rotatable bonds is 6. The highest BCUT2D eigenvalue weighted by Gasteiger charge is 2.22. The zero-order valence-electron chi connectivity index (χ0n) is 12.3. The van der Waals surface area contributed by atoms with E-state index in [0.717, 1.165) is 26.1 Å². The maximum absolute atomic E-state index is 11.7. The number of hydrogen-bond acceptors (Lipinski definition) is 2. The van der Waals surface area contributed by atoms with Gasteiger partial charge in [0, 0.05) is 25.6 Å². The van der Waals surface area contributed by atoms with E-state index in [1.807, 2.05) is 27.7 Å². The Bertz CT molecular complexity index is 193. The van der Waals surface area contributed by atoms with Crippen molar-refractivity contribution < 1.29 is 9.53 Å². The molecule has 2 unspecified atom stereocenters. The summed E-state index contributed by atoms with van der Waals surface area (Å²) in [4.78, 5) is 11.7. The Morgan fingerprint density at radius 3 is 2.41 bits per heavy atom. The first-order chi connectivity index (χ1) is 8.13. The standard InChI is InChI=1S/C13H24O2.C2H6/c1-4-11(8-13(14)10(2)3)7-12-5-6-15-9-12;1-2/h10-12H,4-9H2,1-3H3;1-2H3. The summed E-state index contributed by atoms with van der Waals surface area (Å²) in [5.74, 6) is 1.89. The maximum Gasteiger partial charge on any atom is 0.135 e. The van der Waals surface area contributed by atoms with Crippen molar-refractivity contribution in [1.29, 1.82) is 0 Å². The number of carbonyl (C=O) groups excluding carboxylic acids is 1. The first kappa shape index (κ1) is 16.6. The van der Waals surface area contributed by atoms with Crippen LogP contribution in [0.4, 0.5) is 0 Å². The van der Waals surface area contributed by atoms with Crippen LogP contribution in [-0.2, 0) is 9.53 Å². The summed E-state index contributed by atoms with van der Waals surface area (Å²) in [5, 5.41) is 0. The highest BCUT2D eigenvalue weighted by atomic mass is 16.5. The van der Waals surface area contributed by atoms with Gasteiger partial charge in [0.15, 0.2) is 0 Å². The second-order valence-electron chi connectivity index (χ2n) is 5.06.